The monoisotopic (exact) mass is 1430 g/mol. The number of nitrogens with zero attached hydrogens (tertiary/aromatic N) is 16. The molecule has 4 saturated heterocycles. The summed E-state index contributed by atoms with van der Waals surface area (Å²) >= 11 is 0. The van der Waals surface area contributed by atoms with Crippen molar-refractivity contribution < 1.29 is 56.3 Å². The topological polar surface area (TPSA) is 266 Å². The van der Waals surface area contributed by atoms with E-state index in [0.717, 1.165) is 34.9 Å². The molecule has 544 valence electrons. The van der Waals surface area contributed by atoms with Gasteiger partial charge in [0.25, 0.3) is 0 Å². The van der Waals surface area contributed by atoms with Crippen LogP contribution in [0.25, 0.3) is 11.4 Å². The molecule has 8 heterocycles. The van der Waals surface area contributed by atoms with Crippen molar-refractivity contribution >= 4 is 34.6 Å². The van der Waals surface area contributed by atoms with Crippen LogP contribution < -0.4 is 40.5 Å². The van der Waals surface area contributed by atoms with E-state index in [2.05, 4.69) is 30.4 Å². The van der Waals surface area contributed by atoms with Crippen LogP contribution in [0.4, 0.5) is 40.3 Å². The molecule has 26 nitrogen and oxygen atoms in total. The van der Waals surface area contributed by atoms with Gasteiger partial charge in [0.2, 0.25) is 11.8 Å². The van der Waals surface area contributed by atoms with Gasteiger partial charge in [0.05, 0.1) is 88.3 Å². The van der Waals surface area contributed by atoms with Crippen molar-refractivity contribution in [1.82, 2.24) is 58.2 Å². The first-order valence-electron chi connectivity index (χ1n) is 34.6. The first kappa shape index (κ1) is 71.6. The van der Waals surface area contributed by atoms with Crippen molar-refractivity contribution in [1.29, 1.82) is 0 Å². The van der Waals surface area contributed by atoms with E-state index in [-0.39, 0.29) is 72.3 Å². The molecule has 2 amide bonds. The van der Waals surface area contributed by atoms with E-state index < -0.39 is 58.8 Å². The maximum Gasteiger partial charge on any atom is 0.350 e. The van der Waals surface area contributed by atoms with Gasteiger partial charge in [0.1, 0.15) is 83.9 Å². The number of halogens is 4. The van der Waals surface area contributed by atoms with Gasteiger partial charge in [0.15, 0.2) is 0 Å². The number of aromatic nitrogens is 12. The number of carbonyl (C=O) groups excluding carboxylic acids is 2. The lowest BCUT2D eigenvalue weighted by Crippen LogP contribution is -2.50. The number of hydrogen-bond acceptors (Lipinski definition) is 18. The minimum absolute atomic E-state index is 0.0509. The molecule has 0 unspecified atom stereocenters. The number of anilines is 4. The van der Waals surface area contributed by atoms with E-state index in [1.807, 2.05) is 109 Å². The lowest BCUT2D eigenvalue weighted by molar-refractivity contribution is -0.118. The average molecular weight is 1430 g/mol. The molecule has 2 N–H and O–H groups in total. The molecule has 4 aliphatic rings. The molecule has 4 aromatic heterocycles. The third-order valence-electron chi connectivity index (χ3n) is 19.7. The first-order chi connectivity index (χ1) is 50.3. The van der Waals surface area contributed by atoms with Gasteiger partial charge in [-0.05, 0) is 149 Å². The number of aliphatic hydroxyl groups is 2. The van der Waals surface area contributed by atoms with Crippen LogP contribution in [0, 0.1) is 35.1 Å². The summed E-state index contributed by atoms with van der Waals surface area (Å²) in [5.41, 5.74) is 2.24. The quantitative estimate of drug-likeness (QED) is 0.0540. The SMILES string of the molecule is CC[C@@H]([C@H](C)O)n1ncn(-c2ccc(N3CCN(c4ccc(OC[C@@H]5CO[C@@](Cn6cncn6)(c6ccc(F)cc6F)C5)cc4)C(=O)C3)cc2)c1=O.CC[C@@H]([C@H](C)O)n1ncn(-c2ccc(N3CCN(c4ccc(OC[C@@H]5CO[C@@](Cn6cncn6)(c6ccc(F)cc6F)C5)cc4)CC3=O)cc2)c1=O. The Bertz CT molecular complexity index is 4690. The predicted molar refractivity (Wildman–Crippen MR) is 375 cm³/mol. The Labute approximate surface area is 595 Å². The van der Waals surface area contributed by atoms with E-state index in [1.165, 1.54) is 80.7 Å². The number of piperazine rings is 2. The fourth-order valence-electron chi connectivity index (χ4n) is 14.3. The average Bonchev–Trinajstić information content (AvgIpc) is 1.58. The Balaban J connectivity index is 0.000000185. The minimum atomic E-state index is -1.06. The molecule has 104 heavy (non-hydrogen) atoms. The highest BCUT2D eigenvalue weighted by Crippen LogP contribution is 2.44. The highest BCUT2D eigenvalue weighted by atomic mass is 19.1. The smallest absolute Gasteiger partial charge is 0.350 e. The predicted octanol–water partition coefficient (Wildman–Crippen LogP) is 8.20. The zero-order valence-corrected chi connectivity index (χ0v) is 57.8. The normalized spacial score (nSPS) is 20.3. The highest BCUT2D eigenvalue weighted by Gasteiger charge is 2.46. The summed E-state index contributed by atoms with van der Waals surface area (Å²) in [5, 5.41) is 36.9. The molecular weight excluding hydrogens is 1350 g/mol. The Morgan fingerprint density at radius 2 is 0.865 bits per heavy atom. The number of amides is 2. The summed E-state index contributed by atoms with van der Waals surface area (Å²) in [6.07, 6.45) is 9.34. The number of benzene rings is 6. The van der Waals surface area contributed by atoms with Crippen LogP contribution in [0.5, 0.6) is 11.5 Å². The van der Waals surface area contributed by atoms with Crippen molar-refractivity contribution in [2.24, 2.45) is 11.8 Å². The van der Waals surface area contributed by atoms with Crippen molar-refractivity contribution in [2.45, 2.75) is 102 Å². The number of rotatable bonds is 24. The molecule has 10 aromatic rings. The van der Waals surface area contributed by atoms with Crippen LogP contribution in [-0.2, 0) is 43.4 Å². The van der Waals surface area contributed by atoms with Gasteiger partial charge in [-0.3, -0.25) is 9.59 Å². The fraction of sp³-hybridized carbons (Fsp3) is 0.378. The van der Waals surface area contributed by atoms with Gasteiger partial charge >= 0.3 is 11.4 Å². The van der Waals surface area contributed by atoms with E-state index in [4.69, 9.17) is 18.9 Å². The molecule has 8 atom stereocenters. The Morgan fingerprint density at radius 3 is 1.22 bits per heavy atom. The lowest BCUT2D eigenvalue weighted by atomic mass is 9.87. The van der Waals surface area contributed by atoms with Crippen LogP contribution >= 0.6 is 0 Å². The summed E-state index contributed by atoms with van der Waals surface area (Å²) in [7, 11) is 0. The highest BCUT2D eigenvalue weighted by molar-refractivity contribution is 5.98. The van der Waals surface area contributed by atoms with Gasteiger partial charge in [-0.1, -0.05) is 26.0 Å². The zero-order chi connectivity index (χ0) is 72.8. The molecule has 14 rings (SSSR count). The second-order valence-corrected chi connectivity index (χ2v) is 26.7. The van der Waals surface area contributed by atoms with Gasteiger partial charge in [-0.25, -0.2) is 65.0 Å². The Morgan fingerprint density at radius 1 is 0.490 bits per heavy atom. The second kappa shape index (κ2) is 31.0. The van der Waals surface area contributed by atoms with Crippen LogP contribution in [0.3, 0.4) is 0 Å². The lowest BCUT2D eigenvalue weighted by Gasteiger charge is -2.35. The number of ether oxygens (including phenoxy) is 4. The van der Waals surface area contributed by atoms with Crippen molar-refractivity contribution in [3.63, 3.8) is 0 Å². The molecule has 0 saturated carbocycles. The molecule has 30 heteroatoms. The minimum Gasteiger partial charge on any atom is -0.493 e. The van der Waals surface area contributed by atoms with Gasteiger partial charge in [-0.2, -0.15) is 20.4 Å². The third kappa shape index (κ3) is 15.4. The molecule has 4 fully saturated rings. The van der Waals surface area contributed by atoms with Gasteiger partial charge in [0, 0.05) is 84.0 Å². The summed E-state index contributed by atoms with van der Waals surface area (Å²) in [5.74, 6) is -1.63. The van der Waals surface area contributed by atoms with E-state index in [0.29, 0.717) is 101 Å². The Hall–Kier alpha value is -10.8. The molecule has 0 bridgehead atoms. The number of aliphatic hydroxyl groups excluding tert-OH is 2. The van der Waals surface area contributed by atoms with E-state index in [9.17, 15) is 47.0 Å². The van der Waals surface area contributed by atoms with E-state index in [1.54, 1.807) is 45.1 Å². The molecule has 4 aliphatic heterocycles. The summed E-state index contributed by atoms with van der Waals surface area (Å²) in [4.78, 5) is 68.0. The standard InChI is InChI=1S/2C37H40F2N8O5/c1-3-34(25(2)48)47-36(50)46(24-42-47)30-7-5-29(6-8-30)45-15-14-43(18-35(45)49)28-9-11-31(12-10-28)51-19-26-17-37(52-20-26,21-44-23-40-22-41-44)32-13-4-27(38)16-33(32)39;1-3-34(25(2)48)47-36(50)46(24-42-47)30-7-5-28(6-8-30)43-14-15-45(35(49)18-43)29-9-11-31(12-10-29)51-19-26-17-37(52-20-26,21-44-23-40-22-41-44)32-13-4-27(38)16-33(32)39/h2*4-13,16,22-26,34,48H,3,14-15,17-21H2,1-2H3/t2*25-,26+,34-,37-/m00/s1. The molecule has 0 radical (unpaired) electrons. The maximum absolute atomic E-state index is 15.0. The molecule has 0 spiro atoms. The maximum atomic E-state index is 15.0. The van der Waals surface area contributed by atoms with Crippen LogP contribution in [-0.4, -0.2) is 158 Å². The van der Waals surface area contributed by atoms with Crippen LogP contribution in [0.15, 0.2) is 181 Å². The van der Waals surface area contributed by atoms with E-state index >= 15 is 0 Å². The molecule has 0 aliphatic carbocycles. The second-order valence-electron chi connectivity index (χ2n) is 26.7. The molecular formula is C74H80F4N16O10. The first-order valence-corrected chi connectivity index (χ1v) is 34.6. The van der Waals surface area contributed by atoms with Crippen molar-refractivity contribution in [2.75, 3.05) is 85.3 Å². The van der Waals surface area contributed by atoms with Crippen LogP contribution in [0.1, 0.15) is 76.6 Å². The van der Waals surface area contributed by atoms with Gasteiger partial charge < -0.3 is 48.8 Å². The van der Waals surface area contributed by atoms with Gasteiger partial charge in [-0.15, -0.1) is 0 Å². The fourth-order valence-corrected chi connectivity index (χ4v) is 14.3. The summed E-state index contributed by atoms with van der Waals surface area (Å²) < 4.78 is 90.7. The zero-order valence-electron chi connectivity index (χ0n) is 57.8. The third-order valence-corrected chi connectivity index (χ3v) is 19.7. The summed E-state index contributed by atoms with van der Waals surface area (Å²) in [6.45, 7) is 11.4. The van der Waals surface area contributed by atoms with Crippen molar-refractivity contribution in [3.05, 3.63) is 227 Å². The number of hydrogen-bond donors (Lipinski definition) is 2. The largest absolute Gasteiger partial charge is 0.493 e. The molecule has 6 aromatic carbocycles. The van der Waals surface area contributed by atoms with Crippen LogP contribution in [0.2, 0.25) is 0 Å². The Kier molecular flexibility index (Phi) is 21.3. The number of carbonyl (C=O) groups is 2. The summed E-state index contributed by atoms with van der Waals surface area (Å²) in [6, 6.07) is 35.7. The van der Waals surface area contributed by atoms with Crippen molar-refractivity contribution in [3.8, 4) is 22.9 Å².